The molecule has 0 saturated carbocycles. The number of fused-ring (bicyclic) bond motifs is 2. The van der Waals surface area contributed by atoms with E-state index in [-0.39, 0.29) is 17.9 Å². The number of rotatable bonds is 2. The summed E-state index contributed by atoms with van der Waals surface area (Å²) >= 11 is 12.5. The second kappa shape index (κ2) is 7.51. The van der Waals surface area contributed by atoms with E-state index in [4.69, 9.17) is 28.2 Å². The molecule has 0 bridgehead atoms. The number of carbonyl (C=O) groups excluding carboxylic acids is 1. The normalized spacial score (nSPS) is 23.4. The van der Waals surface area contributed by atoms with E-state index < -0.39 is 0 Å². The third-order valence-corrected chi connectivity index (χ3v) is 6.25. The van der Waals surface area contributed by atoms with Crippen LogP contribution in [0.5, 0.6) is 0 Å². The molecule has 142 valence electrons. The number of aromatic nitrogens is 1. The quantitative estimate of drug-likeness (QED) is 0.764. The lowest BCUT2D eigenvalue weighted by Gasteiger charge is -2.42. The van der Waals surface area contributed by atoms with Gasteiger partial charge in [-0.2, -0.15) is 0 Å². The SMILES string of the molecule is CC(=O)[C@H]1CN([C@H]2c3ccc(Cl)cc3CCc3cc(Cl)cnc32)CCN1C. The fraction of sp³-hybridized carbons (Fsp3) is 0.429. The highest BCUT2D eigenvalue weighted by molar-refractivity contribution is 6.30. The molecule has 1 aliphatic carbocycles. The molecule has 2 heterocycles. The van der Waals surface area contributed by atoms with Crippen molar-refractivity contribution in [2.45, 2.75) is 31.8 Å². The van der Waals surface area contributed by atoms with Crippen LogP contribution in [-0.2, 0) is 17.6 Å². The van der Waals surface area contributed by atoms with Gasteiger partial charge in [0.05, 0.1) is 22.8 Å². The van der Waals surface area contributed by atoms with Crippen LogP contribution in [0.4, 0.5) is 0 Å². The topological polar surface area (TPSA) is 36.4 Å². The van der Waals surface area contributed by atoms with Crippen molar-refractivity contribution >= 4 is 29.0 Å². The molecule has 6 heteroatoms. The Hall–Kier alpha value is -1.46. The minimum atomic E-state index is -0.0893. The van der Waals surface area contributed by atoms with Crippen LogP contribution >= 0.6 is 23.2 Å². The minimum absolute atomic E-state index is 0.0163. The van der Waals surface area contributed by atoms with Crippen molar-refractivity contribution in [3.8, 4) is 0 Å². The number of ketones is 1. The number of hydrogen-bond donors (Lipinski definition) is 0. The minimum Gasteiger partial charge on any atom is -0.298 e. The molecule has 1 aliphatic heterocycles. The van der Waals surface area contributed by atoms with Crippen molar-refractivity contribution in [1.82, 2.24) is 14.8 Å². The predicted molar refractivity (Wildman–Crippen MR) is 109 cm³/mol. The van der Waals surface area contributed by atoms with Crippen LogP contribution < -0.4 is 0 Å². The standard InChI is InChI=1S/C21H23Cl2N3O/c1-13(27)19-12-26(8-7-25(19)2)21-18-6-5-16(22)9-14(18)3-4-15-10-17(23)11-24-20(15)21/h5-6,9-11,19,21H,3-4,7-8,12H2,1-2H3/t19-,21+/m1/s1. The lowest BCUT2D eigenvalue weighted by molar-refractivity contribution is -0.124. The van der Waals surface area contributed by atoms with E-state index in [9.17, 15) is 4.79 Å². The first-order valence-electron chi connectivity index (χ1n) is 9.31. The van der Waals surface area contributed by atoms with Gasteiger partial charge < -0.3 is 0 Å². The summed E-state index contributed by atoms with van der Waals surface area (Å²) in [6.45, 7) is 4.11. The van der Waals surface area contributed by atoms with E-state index in [1.165, 1.54) is 16.7 Å². The Morgan fingerprint density at radius 3 is 2.63 bits per heavy atom. The first kappa shape index (κ1) is 18.9. The number of likely N-dealkylation sites (N-methyl/N-ethyl adjacent to an activating group) is 1. The Kier molecular flexibility index (Phi) is 5.26. The molecule has 4 nitrogen and oxygen atoms in total. The molecule has 0 radical (unpaired) electrons. The van der Waals surface area contributed by atoms with Gasteiger partial charge >= 0.3 is 0 Å². The van der Waals surface area contributed by atoms with E-state index in [2.05, 4.69) is 21.9 Å². The largest absolute Gasteiger partial charge is 0.298 e. The zero-order valence-corrected chi connectivity index (χ0v) is 17.1. The molecule has 1 saturated heterocycles. The third-order valence-electron chi connectivity index (χ3n) is 5.80. The molecule has 27 heavy (non-hydrogen) atoms. The number of benzene rings is 1. The molecule has 1 aromatic carbocycles. The van der Waals surface area contributed by atoms with Crippen molar-refractivity contribution < 1.29 is 4.79 Å². The van der Waals surface area contributed by atoms with Gasteiger partial charge in [0.15, 0.2) is 0 Å². The molecule has 0 amide bonds. The Morgan fingerprint density at radius 1 is 1.11 bits per heavy atom. The molecule has 2 aliphatic rings. The van der Waals surface area contributed by atoms with Gasteiger partial charge in [-0.05, 0) is 61.7 Å². The van der Waals surface area contributed by atoms with Gasteiger partial charge in [-0.3, -0.25) is 19.6 Å². The fourth-order valence-corrected chi connectivity index (χ4v) is 4.73. The van der Waals surface area contributed by atoms with Crippen LogP contribution in [-0.4, -0.2) is 53.3 Å². The summed E-state index contributed by atoms with van der Waals surface area (Å²) in [6, 6.07) is 8.09. The summed E-state index contributed by atoms with van der Waals surface area (Å²) in [5.74, 6) is 0.205. The average Bonchev–Trinajstić information content (AvgIpc) is 2.78. The fourth-order valence-electron chi connectivity index (χ4n) is 4.35. The van der Waals surface area contributed by atoms with Crippen LogP contribution in [0.25, 0.3) is 0 Å². The molecule has 0 unspecified atom stereocenters. The molecule has 0 spiro atoms. The smallest absolute Gasteiger partial charge is 0.148 e. The number of piperazine rings is 1. The molecule has 2 aromatic rings. The highest BCUT2D eigenvalue weighted by atomic mass is 35.5. The molecule has 2 atom stereocenters. The van der Waals surface area contributed by atoms with Crippen molar-refractivity contribution in [1.29, 1.82) is 0 Å². The first-order chi connectivity index (χ1) is 12.9. The molecule has 1 fully saturated rings. The van der Waals surface area contributed by atoms with Gasteiger partial charge in [-0.15, -0.1) is 0 Å². The lowest BCUT2D eigenvalue weighted by atomic mass is 9.95. The summed E-state index contributed by atoms with van der Waals surface area (Å²) < 4.78 is 0. The summed E-state index contributed by atoms with van der Waals surface area (Å²) in [4.78, 5) is 21.4. The van der Waals surface area contributed by atoms with E-state index in [0.717, 1.165) is 36.6 Å². The number of aryl methyl sites for hydroxylation is 2. The van der Waals surface area contributed by atoms with Gasteiger partial charge in [-0.25, -0.2) is 0 Å². The van der Waals surface area contributed by atoms with E-state index in [1.54, 1.807) is 13.1 Å². The van der Waals surface area contributed by atoms with Gasteiger partial charge in [0.1, 0.15) is 5.78 Å². The number of nitrogens with zero attached hydrogens (tertiary/aromatic N) is 3. The van der Waals surface area contributed by atoms with Crippen molar-refractivity contribution in [3.63, 3.8) is 0 Å². The zero-order chi connectivity index (χ0) is 19.1. The van der Waals surface area contributed by atoms with Crippen molar-refractivity contribution in [2.75, 3.05) is 26.7 Å². The first-order valence-corrected chi connectivity index (χ1v) is 10.1. The summed E-state index contributed by atoms with van der Waals surface area (Å²) in [5.41, 5.74) is 4.71. The van der Waals surface area contributed by atoms with Crippen LogP contribution in [0, 0.1) is 0 Å². The summed E-state index contributed by atoms with van der Waals surface area (Å²) in [6.07, 6.45) is 3.52. The number of halogens is 2. The van der Waals surface area contributed by atoms with Crippen LogP contribution in [0.15, 0.2) is 30.5 Å². The average molecular weight is 404 g/mol. The van der Waals surface area contributed by atoms with Gasteiger partial charge in [0, 0.05) is 30.9 Å². The van der Waals surface area contributed by atoms with E-state index >= 15 is 0 Å². The van der Waals surface area contributed by atoms with Crippen molar-refractivity contribution in [2.24, 2.45) is 0 Å². The molecular formula is C21H23Cl2N3O. The van der Waals surface area contributed by atoms with Crippen LogP contribution in [0.2, 0.25) is 10.0 Å². The Bertz CT molecular complexity index is 832. The number of pyridine rings is 1. The van der Waals surface area contributed by atoms with E-state index in [1.807, 2.05) is 19.2 Å². The summed E-state index contributed by atoms with van der Waals surface area (Å²) in [7, 11) is 2.02. The maximum Gasteiger partial charge on any atom is 0.148 e. The maximum absolute atomic E-state index is 12.2. The monoisotopic (exact) mass is 403 g/mol. The number of carbonyl (C=O) groups is 1. The lowest BCUT2D eigenvalue weighted by Crippen LogP contribution is -2.55. The van der Waals surface area contributed by atoms with Crippen LogP contribution in [0.1, 0.15) is 35.3 Å². The highest BCUT2D eigenvalue weighted by Crippen LogP contribution is 2.38. The molecule has 0 N–H and O–H groups in total. The van der Waals surface area contributed by atoms with E-state index in [0.29, 0.717) is 11.6 Å². The third kappa shape index (κ3) is 3.64. The Morgan fingerprint density at radius 2 is 1.85 bits per heavy atom. The maximum atomic E-state index is 12.2. The second-order valence-electron chi connectivity index (χ2n) is 7.55. The van der Waals surface area contributed by atoms with Gasteiger partial charge in [-0.1, -0.05) is 29.3 Å². The number of hydrogen-bond acceptors (Lipinski definition) is 4. The van der Waals surface area contributed by atoms with Crippen molar-refractivity contribution in [3.05, 3.63) is 62.9 Å². The van der Waals surface area contributed by atoms with Crippen LogP contribution in [0.3, 0.4) is 0 Å². The molecule has 1 aromatic heterocycles. The predicted octanol–water partition coefficient (Wildman–Crippen LogP) is 3.78. The Labute approximate surface area is 170 Å². The zero-order valence-electron chi connectivity index (χ0n) is 15.6. The summed E-state index contributed by atoms with van der Waals surface area (Å²) in [5, 5.41) is 1.42. The second-order valence-corrected chi connectivity index (χ2v) is 8.42. The molecule has 4 rings (SSSR count). The Balaban J connectivity index is 1.82. The van der Waals surface area contributed by atoms with Gasteiger partial charge in [0.2, 0.25) is 0 Å². The number of Topliss-reactive ketones (excluding diaryl/α,β-unsaturated/α-hetero) is 1. The molecular weight excluding hydrogens is 381 g/mol. The van der Waals surface area contributed by atoms with Gasteiger partial charge in [0.25, 0.3) is 0 Å². The highest BCUT2D eigenvalue weighted by Gasteiger charge is 2.36.